The van der Waals surface area contributed by atoms with Crippen LogP contribution in [0, 0.1) is 24.2 Å². The van der Waals surface area contributed by atoms with Crippen molar-refractivity contribution in [2.24, 2.45) is 17.3 Å². The summed E-state index contributed by atoms with van der Waals surface area (Å²) in [6.07, 6.45) is 5.20. The normalized spacial score (nSPS) is 23.0. The first kappa shape index (κ1) is 21.5. The third kappa shape index (κ3) is 4.73. The van der Waals surface area contributed by atoms with Crippen LogP contribution >= 0.6 is 0 Å². The van der Waals surface area contributed by atoms with Gasteiger partial charge in [0.2, 0.25) is 0 Å². The number of benzene rings is 1. The second-order valence-electron chi connectivity index (χ2n) is 8.95. The van der Waals surface area contributed by atoms with Gasteiger partial charge in [-0.1, -0.05) is 40.2 Å². The average Bonchev–Trinajstić information content (AvgIpc) is 2.57. The smallest absolute Gasteiger partial charge is 0.154 e. The van der Waals surface area contributed by atoms with Gasteiger partial charge in [0.15, 0.2) is 6.29 Å². The molecule has 27 heavy (non-hydrogen) atoms. The van der Waals surface area contributed by atoms with E-state index < -0.39 is 6.10 Å². The highest BCUT2D eigenvalue weighted by Crippen LogP contribution is 2.46. The van der Waals surface area contributed by atoms with Crippen LogP contribution in [0.3, 0.4) is 0 Å². The number of carbonyl (C=O) groups excluding carboxylic acids is 1. The molecule has 1 aromatic rings. The van der Waals surface area contributed by atoms with Crippen LogP contribution in [0.4, 0.5) is 0 Å². The van der Waals surface area contributed by atoms with Gasteiger partial charge in [-0.3, -0.25) is 4.79 Å². The summed E-state index contributed by atoms with van der Waals surface area (Å²) in [6.45, 7) is 12.7. The average molecular weight is 375 g/mol. The Balaban J connectivity index is 2.05. The molecule has 2 rings (SSSR count). The van der Waals surface area contributed by atoms with Gasteiger partial charge in [0.05, 0.1) is 11.7 Å². The summed E-state index contributed by atoms with van der Waals surface area (Å²) in [5.41, 5.74) is 1.86. The molecule has 0 aliphatic heterocycles. The fourth-order valence-electron chi connectivity index (χ4n) is 4.75. The lowest BCUT2D eigenvalue weighted by Gasteiger charge is -2.43. The van der Waals surface area contributed by atoms with Gasteiger partial charge in [0, 0.05) is 12.0 Å². The van der Waals surface area contributed by atoms with Gasteiger partial charge in [-0.05, 0) is 60.6 Å². The molecule has 4 heteroatoms. The van der Waals surface area contributed by atoms with Crippen LogP contribution < -0.4 is 0 Å². The van der Waals surface area contributed by atoms with Crippen LogP contribution in [0.2, 0.25) is 0 Å². The van der Waals surface area contributed by atoms with E-state index in [1.54, 1.807) is 6.92 Å². The van der Waals surface area contributed by atoms with E-state index in [-0.39, 0.29) is 29.0 Å². The van der Waals surface area contributed by atoms with Gasteiger partial charge >= 0.3 is 0 Å². The molecule has 3 atom stereocenters. The summed E-state index contributed by atoms with van der Waals surface area (Å²) >= 11 is 0. The van der Waals surface area contributed by atoms with Gasteiger partial charge in [-0.2, -0.15) is 0 Å². The number of aromatic hydroxyl groups is 2. The summed E-state index contributed by atoms with van der Waals surface area (Å²) < 4.78 is 0. The molecule has 1 saturated carbocycles. The molecule has 0 bridgehead atoms. The van der Waals surface area contributed by atoms with Crippen LogP contribution in [0.15, 0.2) is 18.2 Å². The quantitative estimate of drug-likeness (QED) is 0.467. The first-order valence-corrected chi connectivity index (χ1v) is 9.93. The van der Waals surface area contributed by atoms with Crippen molar-refractivity contribution < 1.29 is 20.1 Å². The zero-order chi connectivity index (χ0) is 20.4. The Morgan fingerprint density at radius 2 is 2.07 bits per heavy atom. The molecular formula is C23H34O4. The number of hydrogen-bond donors (Lipinski definition) is 3. The van der Waals surface area contributed by atoms with Crippen molar-refractivity contribution in [3.05, 3.63) is 34.9 Å². The molecule has 1 fully saturated rings. The molecule has 1 unspecified atom stereocenters. The maximum absolute atomic E-state index is 11.2. The van der Waals surface area contributed by atoms with Crippen molar-refractivity contribution in [3.63, 3.8) is 0 Å². The van der Waals surface area contributed by atoms with Crippen molar-refractivity contribution in [1.29, 1.82) is 0 Å². The Kier molecular flexibility index (Phi) is 6.74. The standard InChI is InChI=1S/C23H34O4/c1-14-7-6-10-23(4,5)19(14)9-8-15(2)20(25)12-17-21(26)11-16(3)18(13-24)22(17)27/h11,13-14,19-20,25-27H,2,6-10,12H2,1,3-5H3/t14-,19-,20?/m1/s1. The number of rotatable bonds is 7. The molecule has 0 aromatic heterocycles. The van der Waals surface area contributed by atoms with E-state index in [0.29, 0.717) is 41.1 Å². The highest BCUT2D eigenvalue weighted by atomic mass is 16.3. The molecule has 1 aliphatic rings. The molecule has 1 aliphatic carbocycles. The summed E-state index contributed by atoms with van der Waals surface area (Å²) in [4.78, 5) is 11.2. The molecule has 1 aromatic carbocycles. The van der Waals surface area contributed by atoms with Gasteiger partial charge in [-0.25, -0.2) is 0 Å². The zero-order valence-corrected chi connectivity index (χ0v) is 17.1. The highest BCUT2D eigenvalue weighted by Gasteiger charge is 2.36. The van der Waals surface area contributed by atoms with E-state index in [1.807, 2.05) is 0 Å². The number of aliphatic hydroxyl groups is 1. The maximum atomic E-state index is 11.2. The third-order valence-electron chi connectivity index (χ3n) is 6.56. The molecular weight excluding hydrogens is 340 g/mol. The highest BCUT2D eigenvalue weighted by molar-refractivity contribution is 5.83. The predicted octanol–water partition coefficient (Wildman–Crippen LogP) is 4.92. The fraction of sp³-hybridized carbons (Fsp3) is 0.609. The first-order chi connectivity index (χ1) is 12.6. The third-order valence-corrected chi connectivity index (χ3v) is 6.56. The van der Waals surface area contributed by atoms with Crippen molar-refractivity contribution in [3.8, 4) is 11.5 Å². The Hall–Kier alpha value is -1.81. The lowest BCUT2D eigenvalue weighted by atomic mass is 9.62. The lowest BCUT2D eigenvalue weighted by Crippen LogP contribution is -2.33. The number of aldehydes is 1. The van der Waals surface area contributed by atoms with Gasteiger partial charge < -0.3 is 15.3 Å². The topological polar surface area (TPSA) is 77.8 Å². The number of phenolic OH excluding ortho intramolecular Hbond substituents is 2. The maximum Gasteiger partial charge on any atom is 0.154 e. The van der Waals surface area contributed by atoms with E-state index in [1.165, 1.54) is 25.3 Å². The summed E-state index contributed by atoms with van der Waals surface area (Å²) in [5, 5.41) is 31.0. The molecule has 0 spiro atoms. The van der Waals surface area contributed by atoms with Crippen LogP contribution in [0.5, 0.6) is 11.5 Å². The summed E-state index contributed by atoms with van der Waals surface area (Å²) in [5.74, 6) is 0.901. The molecule has 0 amide bonds. The second kappa shape index (κ2) is 8.47. The predicted molar refractivity (Wildman–Crippen MR) is 108 cm³/mol. The first-order valence-electron chi connectivity index (χ1n) is 9.93. The Morgan fingerprint density at radius 3 is 2.67 bits per heavy atom. The number of hydrogen-bond acceptors (Lipinski definition) is 4. The molecule has 4 nitrogen and oxygen atoms in total. The van der Waals surface area contributed by atoms with Crippen molar-refractivity contribution in [1.82, 2.24) is 0 Å². The minimum atomic E-state index is -0.869. The molecule has 150 valence electrons. The molecule has 0 heterocycles. The Bertz CT molecular complexity index is 705. The summed E-state index contributed by atoms with van der Waals surface area (Å²) in [6, 6.07) is 1.44. The van der Waals surface area contributed by atoms with Gasteiger partial charge in [0.1, 0.15) is 11.5 Å². The van der Waals surface area contributed by atoms with Gasteiger partial charge in [0.25, 0.3) is 0 Å². The SMILES string of the molecule is C=C(CC[C@@H]1[C@H](C)CCCC1(C)C)C(O)Cc1c(O)cc(C)c(C=O)c1O. The molecule has 0 saturated heterocycles. The zero-order valence-electron chi connectivity index (χ0n) is 17.1. The van der Waals surface area contributed by atoms with Crippen LogP contribution in [0.1, 0.15) is 74.4 Å². The van der Waals surface area contributed by atoms with E-state index >= 15 is 0 Å². The van der Waals surface area contributed by atoms with E-state index in [9.17, 15) is 20.1 Å². The number of aliphatic hydroxyl groups excluding tert-OH is 1. The largest absolute Gasteiger partial charge is 0.508 e. The van der Waals surface area contributed by atoms with Crippen LogP contribution in [-0.2, 0) is 6.42 Å². The second-order valence-corrected chi connectivity index (χ2v) is 8.95. The number of phenols is 2. The van der Waals surface area contributed by atoms with E-state index in [4.69, 9.17) is 0 Å². The Labute approximate surface area is 162 Å². The fourth-order valence-corrected chi connectivity index (χ4v) is 4.75. The monoisotopic (exact) mass is 374 g/mol. The number of carbonyl (C=O) groups is 1. The lowest BCUT2D eigenvalue weighted by molar-refractivity contribution is 0.0748. The van der Waals surface area contributed by atoms with Crippen LogP contribution in [0.25, 0.3) is 0 Å². The molecule has 0 radical (unpaired) electrons. The van der Waals surface area contributed by atoms with Crippen LogP contribution in [-0.4, -0.2) is 27.7 Å². The number of aryl methyl sites for hydroxylation is 1. The van der Waals surface area contributed by atoms with Crippen molar-refractivity contribution >= 4 is 6.29 Å². The van der Waals surface area contributed by atoms with E-state index in [0.717, 1.165) is 6.42 Å². The molecule has 3 N–H and O–H groups in total. The minimum absolute atomic E-state index is 0.0429. The van der Waals surface area contributed by atoms with Crippen molar-refractivity contribution in [2.75, 3.05) is 0 Å². The van der Waals surface area contributed by atoms with E-state index in [2.05, 4.69) is 27.4 Å². The van der Waals surface area contributed by atoms with Crippen molar-refractivity contribution in [2.45, 2.75) is 72.3 Å². The Morgan fingerprint density at radius 1 is 1.41 bits per heavy atom. The minimum Gasteiger partial charge on any atom is -0.508 e. The summed E-state index contributed by atoms with van der Waals surface area (Å²) in [7, 11) is 0. The van der Waals surface area contributed by atoms with Gasteiger partial charge in [-0.15, -0.1) is 0 Å².